The van der Waals surface area contributed by atoms with Crippen LogP contribution in [0.1, 0.15) is 12.5 Å². The molecule has 1 heterocycles. The molecule has 2 aromatic rings. The van der Waals surface area contributed by atoms with Crippen molar-refractivity contribution in [2.24, 2.45) is 0 Å². The van der Waals surface area contributed by atoms with Gasteiger partial charge in [-0.1, -0.05) is 48.3 Å². The molecule has 0 saturated heterocycles. The molecule has 0 spiro atoms. The number of carbonyl (C=O) groups is 2. The summed E-state index contributed by atoms with van der Waals surface area (Å²) in [4.78, 5) is 26.3. The van der Waals surface area contributed by atoms with Crippen LogP contribution in [0.2, 0.25) is 5.02 Å². The summed E-state index contributed by atoms with van der Waals surface area (Å²) in [6, 6.07) is 11.0. The minimum atomic E-state index is -0.608. The van der Waals surface area contributed by atoms with E-state index < -0.39 is 17.6 Å². The molecule has 3 rings (SSSR count). The van der Waals surface area contributed by atoms with Crippen LogP contribution in [0.4, 0.5) is 15.8 Å². The summed E-state index contributed by atoms with van der Waals surface area (Å²) in [5, 5.41) is 2.43. The van der Waals surface area contributed by atoms with E-state index in [-0.39, 0.29) is 15.8 Å². The molecular formula is C18H13Cl2FN2O2. The van der Waals surface area contributed by atoms with E-state index in [4.69, 9.17) is 23.2 Å². The molecule has 0 saturated carbocycles. The molecule has 0 atom stereocenters. The lowest BCUT2D eigenvalue weighted by Crippen LogP contribution is -2.33. The number of imide groups is 1. The molecule has 0 fully saturated rings. The Morgan fingerprint density at radius 2 is 1.80 bits per heavy atom. The highest BCUT2D eigenvalue weighted by Gasteiger charge is 2.39. The van der Waals surface area contributed by atoms with E-state index >= 15 is 0 Å². The van der Waals surface area contributed by atoms with Crippen molar-refractivity contribution in [3.8, 4) is 0 Å². The fourth-order valence-corrected chi connectivity index (χ4v) is 2.97. The normalized spacial score (nSPS) is 14.5. The summed E-state index contributed by atoms with van der Waals surface area (Å²) < 4.78 is 13.3. The molecule has 0 aliphatic carbocycles. The van der Waals surface area contributed by atoms with E-state index in [0.717, 1.165) is 16.5 Å². The van der Waals surface area contributed by atoms with Gasteiger partial charge in [0.15, 0.2) is 0 Å². The van der Waals surface area contributed by atoms with Crippen LogP contribution in [0.25, 0.3) is 0 Å². The van der Waals surface area contributed by atoms with Crippen molar-refractivity contribution in [2.45, 2.75) is 13.3 Å². The summed E-state index contributed by atoms with van der Waals surface area (Å²) in [7, 11) is 0. The third kappa shape index (κ3) is 3.13. The Morgan fingerprint density at radius 3 is 2.48 bits per heavy atom. The van der Waals surface area contributed by atoms with Crippen molar-refractivity contribution in [3.05, 3.63) is 69.6 Å². The van der Waals surface area contributed by atoms with Crippen molar-refractivity contribution in [1.82, 2.24) is 0 Å². The van der Waals surface area contributed by atoms with E-state index in [1.807, 2.05) is 19.1 Å². The van der Waals surface area contributed by atoms with E-state index in [1.165, 1.54) is 12.1 Å². The first-order chi connectivity index (χ1) is 11.9. The van der Waals surface area contributed by atoms with Crippen LogP contribution in [0.5, 0.6) is 0 Å². The first-order valence-electron chi connectivity index (χ1n) is 7.52. The van der Waals surface area contributed by atoms with Gasteiger partial charge in [0.2, 0.25) is 0 Å². The molecule has 0 aromatic heterocycles. The van der Waals surface area contributed by atoms with Crippen LogP contribution < -0.4 is 10.2 Å². The van der Waals surface area contributed by atoms with Gasteiger partial charge >= 0.3 is 0 Å². The molecule has 1 aliphatic heterocycles. The lowest BCUT2D eigenvalue weighted by molar-refractivity contribution is -0.120. The van der Waals surface area contributed by atoms with Crippen LogP contribution in [0.3, 0.4) is 0 Å². The second-order valence-corrected chi connectivity index (χ2v) is 6.16. The van der Waals surface area contributed by atoms with Crippen LogP contribution in [-0.4, -0.2) is 11.8 Å². The number of halogens is 3. The number of anilines is 2. The first kappa shape index (κ1) is 17.5. The number of nitrogens with one attached hydrogen (secondary N) is 1. The number of amides is 2. The maximum atomic E-state index is 13.3. The van der Waals surface area contributed by atoms with Crippen molar-refractivity contribution in [3.63, 3.8) is 0 Å². The lowest BCUT2D eigenvalue weighted by Gasteiger charge is -2.18. The SMILES string of the molecule is CCc1ccccc1N1C(=O)C(Cl)=C(Nc2ccc(F)c(Cl)c2)C1=O. The van der Waals surface area contributed by atoms with Gasteiger partial charge in [0, 0.05) is 5.69 Å². The van der Waals surface area contributed by atoms with Gasteiger partial charge in [-0.2, -0.15) is 0 Å². The number of hydrogen-bond donors (Lipinski definition) is 1. The molecule has 0 unspecified atom stereocenters. The molecular weight excluding hydrogens is 366 g/mol. The minimum Gasteiger partial charge on any atom is -0.350 e. The summed E-state index contributed by atoms with van der Waals surface area (Å²) >= 11 is 11.8. The zero-order valence-corrected chi connectivity index (χ0v) is 14.7. The van der Waals surface area contributed by atoms with E-state index in [1.54, 1.807) is 12.1 Å². The van der Waals surface area contributed by atoms with E-state index in [9.17, 15) is 14.0 Å². The molecule has 1 N–H and O–H groups in total. The molecule has 1 aliphatic rings. The molecule has 2 aromatic carbocycles. The second-order valence-electron chi connectivity index (χ2n) is 5.37. The maximum absolute atomic E-state index is 13.3. The second kappa shape index (κ2) is 6.86. The van der Waals surface area contributed by atoms with Crippen LogP contribution in [-0.2, 0) is 16.0 Å². The van der Waals surface area contributed by atoms with Crippen molar-refractivity contribution in [1.29, 1.82) is 0 Å². The van der Waals surface area contributed by atoms with Gasteiger partial charge < -0.3 is 5.32 Å². The van der Waals surface area contributed by atoms with Gasteiger partial charge in [-0.25, -0.2) is 9.29 Å². The van der Waals surface area contributed by atoms with Gasteiger partial charge in [0.1, 0.15) is 16.5 Å². The Kier molecular flexibility index (Phi) is 4.79. The monoisotopic (exact) mass is 378 g/mol. The number of hydrogen-bond acceptors (Lipinski definition) is 3. The summed E-state index contributed by atoms with van der Waals surface area (Å²) in [6.07, 6.45) is 0.654. The Labute approximate surface area is 153 Å². The largest absolute Gasteiger partial charge is 0.350 e. The number of carbonyl (C=O) groups excluding carboxylic acids is 2. The van der Waals surface area contributed by atoms with Crippen LogP contribution in [0, 0.1) is 5.82 Å². The standard InChI is InChI=1S/C18H13Cl2FN2O2/c1-2-10-5-3-4-6-14(10)23-17(24)15(20)16(18(23)25)22-11-7-8-13(21)12(19)9-11/h3-9,22H,2H2,1H3. The van der Waals surface area contributed by atoms with Crippen molar-refractivity contribution in [2.75, 3.05) is 10.2 Å². The molecule has 4 nitrogen and oxygen atoms in total. The molecule has 0 radical (unpaired) electrons. The third-order valence-corrected chi connectivity index (χ3v) is 4.47. The van der Waals surface area contributed by atoms with Gasteiger partial charge in [-0.3, -0.25) is 9.59 Å². The summed E-state index contributed by atoms with van der Waals surface area (Å²) in [5.41, 5.74) is 1.62. The summed E-state index contributed by atoms with van der Waals surface area (Å²) in [5.74, 6) is -1.76. The Hall–Kier alpha value is -2.37. The van der Waals surface area contributed by atoms with Gasteiger partial charge in [-0.15, -0.1) is 0 Å². The zero-order chi connectivity index (χ0) is 18.1. The number of nitrogens with zero attached hydrogens (tertiary/aromatic N) is 1. The predicted molar refractivity (Wildman–Crippen MR) is 96.2 cm³/mol. The zero-order valence-electron chi connectivity index (χ0n) is 13.1. The Morgan fingerprint density at radius 1 is 1.08 bits per heavy atom. The number of rotatable bonds is 4. The van der Waals surface area contributed by atoms with Gasteiger partial charge in [0.05, 0.1) is 10.7 Å². The Balaban J connectivity index is 1.95. The van der Waals surface area contributed by atoms with Crippen LogP contribution >= 0.6 is 23.2 Å². The Bertz CT molecular complexity index is 912. The topological polar surface area (TPSA) is 49.4 Å². The van der Waals surface area contributed by atoms with E-state index in [0.29, 0.717) is 17.8 Å². The third-order valence-electron chi connectivity index (χ3n) is 3.83. The highest BCUT2D eigenvalue weighted by atomic mass is 35.5. The maximum Gasteiger partial charge on any atom is 0.283 e. The number of benzene rings is 2. The molecule has 7 heteroatoms. The highest BCUT2D eigenvalue weighted by molar-refractivity contribution is 6.53. The molecule has 0 bridgehead atoms. The first-order valence-corrected chi connectivity index (χ1v) is 8.28. The van der Waals surface area contributed by atoms with Gasteiger partial charge in [-0.05, 0) is 36.2 Å². The fraction of sp³-hybridized carbons (Fsp3) is 0.111. The lowest BCUT2D eigenvalue weighted by atomic mass is 10.1. The molecule has 128 valence electrons. The van der Waals surface area contributed by atoms with Crippen molar-refractivity contribution < 1.29 is 14.0 Å². The average molecular weight is 379 g/mol. The minimum absolute atomic E-state index is 0.0692. The number of aryl methyl sites for hydroxylation is 1. The quantitative estimate of drug-likeness (QED) is 0.798. The fourth-order valence-electron chi connectivity index (χ4n) is 2.58. The average Bonchev–Trinajstić information content (AvgIpc) is 2.81. The predicted octanol–water partition coefficient (Wildman–Crippen LogP) is 4.48. The molecule has 2 amide bonds. The van der Waals surface area contributed by atoms with E-state index in [2.05, 4.69) is 5.32 Å². The van der Waals surface area contributed by atoms with Gasteiger partial charge in [0.25, 0.3) is 11.8 Å². The van der Waals surface area contributed by atoms with Crippen molar-refractivity contribution >= 4 is 46.4 Å². The molecule has 25 heavy (non-hydrogen) atoms. The van der Waals surface area contributed by atoms with Crippen LogP contribution in [0.15, 0.2) is 53.2 Å². The number of para-hydroxylation sites is 1. The summed E-state index contributed by atoms with van der Waals surface area (Å²) in [6.45, 7) is 1.93. The highest BCUT2D eigenvalue weighted by Crippen LogP contribution is 2.32. The smallest absolute Gasteiger partial charge is 0.283 e.